The van der Waals surface area contributed by atoms with Gasteiger partial charge in [0.2, 0.25) is 0 Å². The molecule has 1 saturated carbocycles. The number of Topliss-reactive ketones (excluding diaryl/α,β-unsaturated/α-hetero) is 1. The molecule has 0 aromatic heterocycles. The second-order valence-corrected chi connectivity index (χ2v) is 5.92. The molecule has 2 nitrogen and oxygen atoms in total. The molecule has 2 rings (SSSR count). The number of hydrogen-bond donors (Lipinski definition) is 0. The molecular formula is C15H20ClNO. The van der Waals surface area contributed by atoms with Crippen LogP contribution in [0.2, 0.25) is 5.02 Å². The summed E-state index contributed by atoms with van der Waals surface area (Å²) in [6.45, 7) is 5.93. The van der Waals surface area contributed by atoms with Crippen LogP contribution in [-0.2, 0) is 0 Å². The topological polar surface area (TPSA) is 20.3 Å². The number of carbonyl (C=O) groups excluding carboxylic acids is 1. The first-order valence-corrected chi connectivity index (χ1v) is 6.97. The van der Waals surface area contributed by atoms with E-state index >= 15 is 0 Å². The zero-order chi connectivity index (χ0) is 13.1. The van der Waals surface area contributed by atoms with Gasteiger partial charge in [-0.1, -0.05) is 25.4 Å². The van der Waals surface area contributed by atoms with Crippen LogP contribution >= 0.6 is 11.6 Å². The summed E-state index contributed by atoms with van der Waals surface area (Å²) in [7, 11) is 0. The summed E-state index contributed by atoms with van der Waals surface area (Å²) < 4.78 is 0. The van der Waals surface area contributed by atoms with Crippen molar-refractivity contribution in [2.45, 2.75) is 32.7 Å². The van der Waals surface area contributed by atoms with Crippen molar-refractivity contribution in [2.24, 2.45) is 5.92 Å². The van der Waals surface area contributed by atoms with E-state index in [1.165, 1.54) is 12.8 Å². The average molecular weight is 266 g/mol. The lowest BCUT2D eigenvalue weighted by atomic mass is 10.1. The average Bonchev–Trinajstić information content (AvgIpc) is 3.12. The highest BCUT2D eigenvalue weighted by Gasteiger charge is 2.30. The number of carbonyl (C=O) groups is 1. The minimum atomic E-state index is 0.194. The third-order valence-corrected chi connectivity index (χ3v) is 3.43. The van der Waals surface area contributed by atoms with Crippen molar-refractivity contribution in [3.8, 4) is 0 Å². The van der Waals surface area contributed by atoms with E-state index in [1.54, 1.807) is 12.1 Å². The van der Waals surface area contributed by atoms with Crippen LogP contribution in [0.3, 0.4) is 0 Å². The number of hydrogen-bond acceptors (Lipinski definition) is 2. The Morgan fingerprint density at radius 2 is 1.94 bits per heavy atom. The van der Waals surface area contributed by atoms with Crippen LogP contribution in [0.25, 0.3) is 0 Å². The van der Waals surface area contributed by atoms with E-state index in [9.17, 15) is 4.79 Å². The van der Waals surface area contributed by atoms with E-state index in [0.29, 0.717) is 23.5 Å². The zero-order valence-electron chi connectivity index (χ0n) is 11.0. The molecule has 0 unspecified atom stereocenters. The van der Waals surface area contributed by atoms with E-state index in [4.69, 9.17) is 11.6 Å². The predicted octanol–water partition coefficient (Wildman–Crippen LogP) is 3.64. The van der Waals surface area contributed by atoms with Gasteiger partial charge in [-0.3, -0.25) is 9.69 Å². The standard InChI is InChI=1S/C15H20ClNO/c1-11(2)9-17(14-7-8-14)10-15(18)12-3-5-13(16)6-4-12/h3-6,11,14H,7-10H2,1-2H3. The molecule has 1 fully saturated rings. The van der Waals surface area contributed by atoms with Gasteiger partial charge < -0.3 is 0 Å². The number of nitrogens with zero attached hydrogens (tertiary/aromatic N) is 1. The van der Waals surface area contributed by atoms with Gasteiger partial charge in [0.25, 0.3) is 0 Å². The molecule has 0 bridgehead atoms. The SMILES string of the molecule is CC(C)CN(CC(=O)c1ccc(Cl)cc1)C1CC1. The van der Waals surface area contributed by atoms with Crippen molar-refractivity contribution in [1.29, 1.82) is 0 Å². The fraction of sp³-hybridized carbons (Fsp3) is 0.533. The Bertz CT molecular complexity index is 409. The molecule has 1 aliphatic carbocycles. The van der Waals surface area contributed by atoms with Gasteiger partial charge in [-0.25, -0.2) is 0 Å². The van der Waals surface area contributed by atoms with Gasteiger partial charge in [0.1, 0.15) is 0 Å². The highest BCUT2D eigenvalue weighted by Crippen LogP contribution is 2.27. The summed E-state index contributed by atoms with van der Waals surface area (Å²) in [6, 6.07) is 7.80. The van der Waals surface area contributed by atoms with Gasteiger partial charge in [-0.05, 0) is 43.0 Å². The smallest absolute Gasteiger partial charge is 0.176 e. The second kappa shape index (κ2) is 5.85. The van der Waals surface area contributed by atoms with E-state index in [1.807, 2.05) is 12.1 Å². The molecule has 1 aromatic carbocycles. The molecule has 0 spiro atoms. The summed E-state index contributed by atoms with van der Waals surface area (Å²) in [5.74, 6) is 0.794. The Morgan fingerprint density at radius 1 is 1.33 bits per heavy atom. The van der Waals surface area contributed by atoms with Crippen LogP contribution in [0.15, 0.2) is 24.3 Å². The monoisotopic (exact) mass is 265 g/mol. The number of benzene rings is 1. The molecule has 0 aliphatic heterocycles. The molecule has 0 radical (unpaired) electrons. The summed E-state index contributed by atoms with van der Waals surface area (Å²) in [5.41, 5.74) is 0.758. The second-order valence-electron chi connectivity index (χ2n) is 5.48. The zero-order valence-corrected chi connectivity index (χ0v) is 11.8. The van der Waals surface area contributed by atoms with Crippen LogP contribution in [0.5, 0.6) is 0 Å². The fourth-order valence-corrected chi connectivity index (χ4v) is 2.29. The predicted molar refractivity (Wildman–Crippen MR) is 75.2 cm³/mol. The van der Waals surface area contributed by atoms with Crippen molar-refractivity contribution in [3.63, 3.8) is 0 Å². The number of rotatable bonds is 6. The molecule has 0 atom stereocenters. The minimum Gasteiger partial charge on any atom is -0.293 e. The highest BCUT2D eigenvalue weighted by atomic mass is 35.5. The Morgan fingerprint density at radius 3 is 2.44 bits per heavy atom. The largest absolute Gasteiger partial charge is 0.293 e. The van der Waals surface area contributed by atoms with Crippen molar-refractivity contribution in [1.82, 2.24) is 4.90 Å². The van der Waals surface area contributed by atoms with Crippen molar-refractivity contribution in [3.05, 3.63) is 34.9 Å². The normalized spacial score (nSPS) is 15.4. The summed E-state index contributed by atoms with van der Waals surface area (Å²) in [6.07, 6.45) is 2.47. The van der Waals surface area contributed by atoms with Crippen LogP contribution in [-0.4, -0.2) is 29.8 Å². The maximum absolute atomic E-state index is 12.2. The maximum atomic E-state index is 12.2. The highest BCUT2D eigenvalue weighted by molar-refractivity contribution is 6.30. The number of halogens is 1. The summed E-state index contributed by atoms with van der Waals surface area (Å²) in [5, 5.41) is 0.674. The molecule has 1 aliphatic rings. The van der Waals surface area contributed by atoms with Crippen LogP contribution < -0.4 is 0 Å². The van der Waals surface area contributed by atoms with Gasteiger partial charge in [0.05, 0.1) is 6.54 Å². The molecule has 0 saturated heterocycles. The van der Waals surface area contributed by atoms with Crippen LogP contribution in [0, 0.1) is 5.92 Å². The van der Waals surface area contributed by atoms with Crippen molar-refractivity contribution in [2.75, 3.05) is 13.1 Å². The lowest BCUT2D eigenvalue weighted by Crippen LogP contribution is -2.34. The Kier molecular flexibility index (Phi) is 4.41. The van der Waals surface area contributed by atoms with Gasteiger partial charge in [0, 0.05) is 23.2 Å². The summed E-state index contributed by atoms with van der Waals surface area (Å²) in [4.78, 5) is 14.5. The number of ketones is 1. The van der Waals surface area contributed by atoms with E-state index in [-0.39, 0.29) is 5.78 Å². The van der Waals surface area contributed by atoms with E-state index in [2.05, 4.69) is 18.7 Å². The third-order valence-electron chi connectivity index (χ3n) is 3.18. The fourth-order valence-electron chi connectivity index (χ4n) is 2.16. The molecule has 0 N–H and O–H groups in total. The third kappa shape index (κ3) is 3.82. The molecule has 0 heterocycles. The Balaban J connectivity index is 1.98. The van der Waals surface area contributed by atoms with Gasteiger partial charge in [0.15, 0.2) is 5.78 Å². The molecule has 0 amide bonds. The van der Waals surface area contributed by atoms with Gasteiger partial charge in [-0.15, -0.1) is 0 Å². The maximum Gasteiger partial charge on any atom is 0.176 e. The molecule has 1 aromatic rings. The first kappa shape index (κ1) is 13.6. The van der Waals surface area contributed by atoms with E-state index < -0.39 is 0 Å². The first-order chi connectivity index (χ1) is 8.56. The molecular weight excluding hydrogens is 246 g/mol. The lowest BCUT2D eigenvalue weighted by molar-refractivity contribution is 0.0915. The van der Waals surface area contributed by atoms with Crippen LogP contribution in [0.4, 0.5) is 0 Å². The minimum absolute atomic E-state index is 0.194. The Hall–Kier alpha value is -0.860. The molecule has 3 heteroatoms. The first-order valence-electron chi connectivity index (χ1n) is 6.59. The van der Waals surface area contributed by atoms with Gasteiger partial charge >= 0.3 is 0 Å². The summed E-state index contributed by atoms with van der Waals surface area (Å²) >= 11 is 5.83. The Labute approximate surface area is 114 Å². The molecule has 18 heavy (non-hydrogen) atoms. The van der Waals surface area contributed by atoms with Crippen LogP contribution in [0.1, 0.15) is 37.0 Å². The van der Waals surface area contributed by atoms with Crippen molar-refractivity contribution < 1.29 is 4.79 Å². The lowest BCUT2D eigenvalue weighted by Gasteiger charge is -2.23. The van der Waals surface area contributed by atoms with E-state index in [0.717, 1.165) is 12.1 Å². The van der Waals surface area contributed by atoms with Crippen molar-refractivity contribution >= 4 is 17.4 Å². The van der Waals surface area contributed by atoms with Gasteiger partial charge in [-0.2, -0.15) is 0 Å². The quantitative estimate of drug-likeness (QED) is 0.732. The molecule has 98 valence electrons.